The maximum Gasteiger partial charge on any atom is 0.259 e. The quantitative estimate of drug-likeness (QED) is 0.225. The number of hydrazone groups is 1. The van der Waals surface area contributed by atoms with Crippen LogP contribution >= 0.6 is 0 Å². The van der Waals surface area contributed by atoms with Gasteiger partial charge >= 0.3 is 0 Å². The van der Waals surface area contributed by atoms with Crippen LogP contribution in [0.15, 0.2) is 41.5 Å². The molecule has 0 aromatic heterocycles. The number of rotatable bonds is 14. The molecule has 0 radical (unpaired) electrons. The van der Waals surface area contributed by atoms with Gasteiger partial charge in [0.2, 0.25) is 5.91 Å². The van der Waals surface area contributed by atoms with Crippen molar-refractivity contribution in [2.24, 2.45) is 5.10 Å². The van der Waals surface area contributed by atoms with E-state index in [1.807, 2.05) is 30.3 Å². The second-order valence-electron chi connectivity index (χ2n) is 7.87. The van der Waals surface area contributed by atoms with Gasteiger partial charge < -0.3 is 10.4 Å². The Bertz CT molecular complexity index is 864. The van der Waals surface area contributed by atoms with E-state index in [9.17, 15) is 14.7 Å². The molecule has 2 aromatic rings. The molecule has 0 heterocycles. The first kappa shape index (κ1) is 24.4. The van der Waals surface area contributed by atoms with Gasteiger partial charge in [-0.3, -0.25) is 9.59 Å². The molecule has 31 heavy (non-hydrogen) atoms. The summed E-state index contributed by atoms with van der Waals surface area (Å²) >= 11 is 0. The van der Waals surface area contributed by atoms with Crippen molar-refractivity contribution in [1.29, 1.82) is 0 Å². The summed E-state index contributed by atoms with van der Waals surface area (Å²) in [6.07, 6.45) is 12.7. The molecule has 3 N–H and O–H groups in total. The van der Waals surface area contributed by atoms with Crippen LogP contribution in [0.5, 0.6) is 5.75 Å². The Morgan fingerprint density at radius 3 is 2.32 bits per heavy atom. The normalized spacial score (nSPS) is 11.1. The number of amides is 2. The van der Waals surface area contributed by atoms with Crippen LogP contribution in [0.25, 0.3) is 10.8 Å². The standard InChI is InChI=1S/C25H35N3O3/c1-2-3-4-5-6-7-8-9-10-15-24(30)26-19-25(31)28-27-18-22-21-14-12-11-13-20(21)16-17-23(22)29/h11-14,16-18,29H,2-10,15,19H2,1H3,(H,26,30)(H,28,31)/b27-18-. The van der Waals surface area contributed by atoms with E-state index < -0.39 is 5.91 Å². The van der Waals surface area contributed by atoms with Gasteiger partial charge in [-0.05, 0) is 23.3 Å². The van der Waals surface area contributed by atoms with Crippen LogP contribution < -0.4 is 10.7 Å². The fraction of sp³-hybridized carbons (Fsp3) is 0.480. The van der Waals surface area contributed by atoms with Gasteiger partial charge in [0.25, 0.3) is 5.91 Å². The third kappa shape index (κ3) is 9.20. The van der Waals surface area contributed by atoms with Crippen LogP contribution in [0, 0.1) is 0 Å². The van der Waals surface area contributed by atoms with Crippen molar-refractivity contribution in [3.05, 3.63) is 42.0 Å². The number of unbranched alkanes of at least 4 members (excludes halogenated alkanes) is 8. The summed E-state index contributed by atoms with van der Waals surface area (Å²) in [5.74, 6) is -0.434. The smallest absolute Gasteiger partial charge is 0.259 e. The Morgan fingerprint density at radius 2 is 1.58 bits per heavy atom. The van der Waals surface area contributed by atoms with E-state index in [1.54, 1.807) is 6.07 Å². The number of nitrogens with one attached hydrogen (secondary N) is 2. The topological polar surface area (TPSA) is 90.8 Å². The number of hydrogen-bond acceptors (Lipinski definition) is 4. The van der Waals surface area contributed by atoms with E-state index in [-0.39, 0.29) is 18.2 Å². The summed E-state index contributed by atoms with van der Waals surface area (Å²) in [7, 11) is 0. The molecule has 168 valence electrons. The van der Waals surface area contributed by atoms with Crippen molar-refractivity contribution in [3.63, 3.8) is 0 Å². The zero-order valence-corrected chi connectivity index (χ0v) is 18.5. The first-order valence-electron chi connectivity index (χ1n) is 11.4. The summed E-state index contributed by atoms with van der Waals surface area (Å²) in [4.78, 5) is 23.8. The number of aromatic hydroxyl groups is 1. The van der Waals surface area contributed by atoms with E-state index in [0.29, 0.717) is 12.0 Å². The maximum atomic E-state index is 11.9. The van der Waals surface area contributed by atoms with E-state index in [1.165, 1.54) is 44.7 Å². The molecule has 0 aliphatic rings. The van der Waals surface area contributed by atoms with Crippen LogP contribution in [-0.2, 0) is 9.59 Å². The van der Waals surface area contributed by atoms with Gasteiger partial charge in [-0.1, -0.05) is 88.6 Å². The highest BCUT2D eigenvalue weighted by Gasteiger charge is 2.06. The summed E-state index contributed by atoms with van der Waals surface area (Å²) in [6, 6.07) is 11.0. The first-order chi connectivity index (χ1) is 15.1. The van der Waals surface area contributed by atoms with E-state index in [0.717, 1.165) is 30.0 Å². The minimum atomic E-state index is -0.406. The van der Waals surface area contributed by atoms with Crippen molar-refractivity contribution in [2.75, 3.05) is 6.54 Å². The highest BCUT2D eigenvalue weighted by molar-refractivity contribution is 6.02. The predicted molar refractivity (Wildman–Crippen MR) is 126 cm³/mol. The van der Waals surface area contributed by atoms with Gasteiger partial charge in [0.05, 0.1) is 12.8 Å². The predicted octanol–water partition coefficient (Wildman–Crippen LogP) is 5.03. The fourth-order valence-electron chi connectivity index (χ4n) is 3.49. The number of hydrogen-bond donors (Lipinski definition) is 3. The molecule has 0 aliphatic heterocycles. The first-order valence-corrected chi connectivity index (χ1v) is 11.4. The summed E-state index contributed by atoms with van der Waals surface area (Å²) in [5.41, 5.74) is 2.92. The monoisotopic (exact) mass is 425 g/mol. The molecular weight excluding hydrogens is 390 g/mol. The van der Waals surface area contributed by atoms with Crippen LogP contribution in [0.1, 0.15) is 76.7 Å². The molecule has 6 heteroatoms. The number of fused-ring (bicyclic) bond motifs is 1. The number of carbonyl (C=O) groups is 2. The Hall–Kier alpha value is -2.89. The largest absolute Gasteiger partial charge is 0.507 e. The number of benzene rings is 2. The number of carbonyl (C=O) groups excluding carboxylic acids is 2. The molecule has 0 bridgehead atoms. The fourth-order valence-corrected chi connectivity index (χ4v) is 3.49. The van der Waals surface area contributed by atoms with Crippen LogP contribution in [0.4, 0.5) is 0 Å². The molecule has 0 saturated carbocycles. The van der Waals surface area contributed by atoms with Crippen LogP contribution in [0.3, 0.4) is 0 Å². The Labute approximate surface area is 185 Å². The van der Waals surface area contributed by atoms with Crippen molar-refractivity contribution in [3.8, 4) is 5.75 Å². The minimum absolute atomic E-state index is 0.0889. The second kappa shape index (κ2) is 14.2. The van der Waals surface area contributed by atoms with Crippen LogP contribution in [0.2, 0.25) is 0 Å². The Balaban J connectivity index is 1.61. The van der Waals surface area contributed by atoms with Gasteiger partial charge in [-0.2, -0.15) is 5.10 Å². The summed E-state index contributed by atoms with van der Waals surface area (Å²) in [6.45, 7) is 2.11. The molecule has 0 fully saturated rings. The van der Waals surface area contributed by atoms with Gasteiger partial charge in [0, 0.05) is 12.0 Å². The SMILES string of the molecule is CCCCCCCCCCCC(=O)NCC(=O)N/N=C\c1c(O)ccc2ccccc12. The van der Waals surface area contributed by atoms with Crippen molar-refractivity contribution in [2.45, 2.75) is 71.1 Å². The van der Waals surface area contributed by atoms with E-state index in [4.69, 9.17) is 0 Å². The lowest BCUT2D eigenvalue weighted by molar-refractivity contribution is -0.126. The molecule has 2 rings (SSSR count). The minimum Gasteiger partial charge on any atom is -0.507 e. The van der Waals surface area contributed by atoms with Gasteiger partial charge in [0.1, 0.15) is 5.75 Å². The van der Waals surface area contributed by atoms with Gasteiger partial charge in [-0.15, -0.1) is 0 Å². The maximum absolute atomic E-state index is 11.9. The van der Waals surface area contributed by atoms with Crippen LogP contribution in [-0.4, -0.2) is 29.7 Å². The average Bonchev–Trinajstić information content (AvgIpc) is 2.78. The number of phenolic OH excluding ortho intramolecular Hbond substituents is 1. The lowest BCUT2D eigenvalue weighted by atomic mass is 10.0. The molecule has 0 unspecified atom stereocenters. The van der Waals surface area contributed by atoms with Crippen molar-refractivity contribution in [1.82, 2.24) is 10.7 Å². The van der Waals surface area contributed by atoms with Crippen molar-refractivity contribution < 1.29 is 14.7 Å². The third-order valence-electron chi connectivity index (χ3n) is 5.28. The molecule has 0 spiro atoms. The zero-order chi connectivity index (χ0) is 22.3. The Morgan fingerprint density at radius 1 is 0.903 bits per heavy atom. The van der Waals surface area contributed by atoms with E-state index >= 15 is 0 Å². The lowest BCUT2D eigenvalue weighted by Crippen LogP contribution is -2.34. The Kier molecular flexibility index (Phi) is 11.1. The molecule has 0 aliphatic carbocycles. The van der Waals surface area contributed by atoms with Gasteiger partial charge in [-0.25, -0.2) is 5.43 Å². The second-order valence-corrected chi connectivity index (χ2v) is 7.87. The van der Waals surface area contributed by atoms with Crippen molar-refractivity contribution >= 4 is 28.8 Å². The highest BCUT2D eigenvalue weighted by atomic mass is 16.3. The molecule has 6 nitrogen and oxygen atoms in total. The number of phenols is 1. The molecular formula is C25H35N3O3. The summed E-state index contributed by atoms with van der Waals surface area (Å²) in [5, 5.41) is 18.4. The zero-order valence-electron chi connectivity index (χ0n) is 18.5. The molecule has 0 atom stereocenters. The summed E-state index contributed by atoms with van der Waals surface area (Å²) < 4.78 is 0. The highest BCUT2D eigenvalue weighted by Crippen LogP contribution is 2.25. The van der Waals surface area contributed by atoms with Gasteiger partial charge in [0.15, 0.2) is 0 Å². The molecule has 0 saturated heterocycles. The number of nitrogens with zero attached hydrogens (tertiary/aromatic N) is 1. The third-order valence-corrected chi connectivity index (χ3v) is 5.28. The molecule has 2 amide bonds. The lowest BCUT2D eigenvalue weighted by Gasteiger charge is -2.06. The molecule has 2 aromatic carbocycles. The average molecular weight is 426 g/mol. The van der Waals surface area contributed by atoms with E-state index in [2.05, 4.69) is 22.8 Å².